The summed E-state index contributed by atoms with van der Waals surface area (Å²) in [4.78, 5) is 39.2. The number of hydrogen-bond acceptors (Lipinski definition) is 7. The van der Waals surface area contributed by atoms with Gasteiger partial charge in [-0.15, -0.1) is 0 Å². The van der Waals surface area contributed by atoms with E-state index in [1.54, 1.807) is 6.20 Å². The number of carbonyl (C=O) groups excluding carboxylic acids is 2. The molecular weight excluding hydrogens is 360 g/mol. The predicted molar refractivity (Wildman–Crippen MR) is 97.6 cm³/mol. The number of urea groups is 1. The number of amides is 3. The molecule has 3 N–H and O–H groups in total. The Balaban J connectivity index is 1.78. The van der Waals surface area contributed by atoms with Gasteiger partial charge in [-0.25, -0.2) is 19.7 Å². The van der Waals surface area contributed by atoms with Crippen LogP contribution in [-0.2, 0) is 4.79 Å². The number of thioether (sulfide) groups is 1. The molecule has 3 amide bonds. The number of nitrogens with zero attached hydrogens (tertiary/aromatic N) is 4. The van der Waals surface area contributed by atoms with Crippen LogP contribution in [0.1, 0.15) is 18.5 Å². The molecule has 132 valence electrons. The van der Waals surface area contributed by atoms with Gasteiger partial charge >= 0.3 is 6.03 Å². The molecule has 0 bridgehead atoms. The summed E-state index contributed by atoms with van der Waals surface area (Å²) in [5, 5.41) is 3.91. The minimum atomic E-state index is -0.550. The quantitative estimate of drug-likeness (QED) is 0.622. The second-order valence-corrected chi connectivity index (χ2v) is 7.32. The van der Waals surface area contributed by atoms with E-state index >= 15 is 0 Å². The lowest BCUT2D eigenvalue weighted by molar-refractivity contribution is -0.121. The second-order valence-electron chi connectivity index (χ2n) is 5.55. The minimum absolute atomic E-state index is 0.353. The average Bonchev–Trinajstić information content (AvgIpc) is 3.21. The minimum Gasteiger partial charge on any atom is -0.368 e. The van der Waals surface area contributed by atoms with Crippen molar-refractivity contribution < 1.29 is 9.59 Å². The third kappa shape index (κ3) is 3.74. The number of nitrogens with one attached hydrogen (secondary N) is 1. The Morgan fingerprint density at radius 3 is 2.96 bits per heavy atom. The first-order valence-corrected chi connectivity index (χ1v) is 9.75. The van der Waals surface area contributed by atoms with E-state index in [0.29, 0.717) is 23.3 Å². The maximum Gasteiger partial charge on any atom is 0.324 e. The number of primary amides is 1. The molecule has 1 aliphatic rings. The normalized spacial score (nSPS) is 16.9. The molecule has 3 heterocycles. The van der Waals surface area contributed by atoms with Crippen molar-refractivity contribution in [2.24, 2.45) is 5.73 Å². The number of anilines is 1. The lowest BCUT2D eigenvalue weighted by Gasteiger charge is -2.21. The molecule has 0 radical (unpaired) electrons. The molecule has 1 fully saturated rings. The maximum absolute atomic E-state index is 12.4. The molecule has 0 aliphatic carbocycles. The lowest BCUT2D eigenvalue weighted by atomic mass is 10.2. The van der Waals surface area contributed by atoms with Crippen LogP contribution in [0.4, 0.5) is 9.93 Å². The van der Waals surface area contributed by atoms with Crippen LogP contribution in [0.2, 0.25) is 0 Å². The SMILES string of the molecule is CSc1nccc(-c2sc(NC(=O)N3CCC[C@H]3C(N)=O)nc2C)n1. The summed E-state index contributed by atoms with van der Waals surface area (Å²) in [6.45, 7) is 2.38. The van der Waals surface area contributed by atoms with Crippen molar-refractivity contribution in [3.8, 4) is 10.6 Å². The fraction of sp³-hybridized carbons (Fsp3) is 0.400. The van der Waals surface area contributed by atoms with Crippen molar-refractivity contribution in [2.45, 2.75) is 31.0 Å². The zero-order valence-electron chi connectivity index (χ0n) is 13.9. The number of hydrogen-bond donors (Lipinski definition) is 2. The summed E-state index contributed by atoms with van der Waals surface area (Å²) >= 11 is 2.81. The molecule has 3 rings (SSSR count). The monoisotopic (exact) mass is 378 g/mol. The summed E-state index contributed by atoms with van der Waals surface area (Å²) in [5.41, 5.74) is 6.91. The highest BCUT2D eigenvalue weighted by atomic mass is 32.2. The predicted octanol–water partition coefficient (Wildman–Crippen LogP) is 2.11. The van der Waals surface area contributed by atoms with Gasteiger partial charge in [0.1, 0.15) is 6.04 Å². The van der Waals surface area contributed by atoms with E-state index in [0.717, 1.165) is 22.7 Å². The molecule has 8 nitrogen and oxygen atoms in total. The van der Waals surface area contributed by atoms with Gasteiger partial charge in [-0.2, -0.15) is 0 Å². The van der Waals surface area contributed by atoms with Gasteiger partial charge in [-0.3, -0.25) is 10.1 Å². The van der Waals surface area contributed by atoms with Crippen LogP contribution < -0.4 is 11.1 Å². The molecule has 1 saturated heterocycles. The van der Waals surface area contributed by atoms with Crippen molar-refractivity contribution in [1.29, 1.82) is 0 Å². The molecule has 0 spiro atoms. The Kier molecular flexibility index (Phi) is 5.19. The molecule has 1 aliphatic heterocycles. The molecule has 2 aromatic heterocycles. The van der Waals surface area contributed by atoms with Crippen LogP contribution >= 0.6 is 23.1 Å². The van der Waals surface area contributed by atoms with E-state index in [1.807, 2.05) is 19.2 Å². The fourth-order valence-corrected chi connectivity index (χ4v) is 4.00. The number of thiazole rings is 1. The van der Waals surface area contributed by atoms with Gasteiger partial charge in [0.25, 0.3) is 0 Å². The Hall–Kier alpha value is -2.20. The topological polar surface area (TPSA) is 114 Å². The summed E-state index contributed by atoms with van der Waals surface area (Å²) in [5.74, 6) is -0.478. The molecular formula is C15H18N6O2S2. The highest BCUT2D eigenvalue weighted by molar-refractivity contribution is 7.98. The number of rotatable bonds is 4. The largest absolute Gasteiger partial charge is 0.368 e. The molecule has 0 saturated carbocycles. The molecule has 2 aromatic rings. The Morgan fingerprint density at radius 1 is 1.44 bits per heavy atom. The van der Waals surface area contributed by atoms with Crippen molar-refractivity contribution in [3.05, 3.63) is 18.0 Å². The van der Waals surface area contributed by atoms with Gasteiger partial charge in [0.15, 0.2) is 10.3 Å². The number of nitrogens with two attached hydrogens (primary N) is 1. The zero-order valence-corrected chi connectivity index (χ0v) is 15.5. The summed E-state index contributed by atoms with van der Waals surface area (Å²) in [7, 11) is 0. The van der Waals surface area contributed by atoms with Gasteiger partial charge < -0.3 is 10.6 Å². The summed E-state index contributed by atoms with van der Waals surface area (Å²) < 4.78 is 0. The Labute approximate surface area is 153 Å². The number of carbonyl (C=O) groups is 2. The van der Waals surface area contributed by atoms with E-state index < -0.39 is 11.9 Å². The zero-order chi connectivity index (χ0) is 18.0. The first-order chi connectivity index (χ1) is 12.0. The molecule has 1 atom stereocenters. The average molecular weight is 378 g/mol. The Morgan fingerprint density at radius 2 is 2.24 bits per heavy atom. The standard InChI is InChI=1S/C15H18N6O2S2/c1-8-11(9-5-6-17-13(19-9)24-2)25-14(18-8)20-15(23)21-7-3-4-10(21)12(16)22/h5-6,10H,3-4,7H2,1-2H3,(H2,16,22)(H,18,20,23)/t10-/m0/s1. The van der Waals surface area contributed by atoms with Gasteiger partial charge in [0.2, 0.25) is 5.91 Å². The van der Waals surface area contributed by atoms with Crippen LogP contribution in [0.3, 0.4) is 0 Å². The smallest absolute Gasteiger partial charge is 0.324 e. The van der Waals surface area contributed by atoms with Crippen molar-refractivity contribution in [1.82, 2.24) is 19.9 Å². The summed E-state index contributed by atoms with van der Waals surface area (Å²) in [6.07, 6.45) is 4.98. The molecule has 0 unspecified atom stereocenters. The Bertz CT molecular complexity index is 809. The van der Waals surface area contributed by atoms with Crippen LogP contribution in [0.5, 0.6) is 0 Å². The van der Waals surface area contributed by atoms with Crippen molar-refractivity contribution in [3.63, 3.8) is 0 Å². The second kappa shape index (κ2) is 7.36. The van der Waals surface area contributed by atoms with Crippen LogP contribution in [0, 0.1) is 6.92 Å². The first kappa shape index (κ1) is 17.6. The van der Waals surface area contributed by atoms with Gasteiger partial charge in [0, 0.05) is 12.7 Å². The highest BCUT2D eigenvalue weighted by Gasteiger charge is 2.33. The van der Waals surface area contributed by atoms with E-state index in [9.17, 15) is 9.59 Å². The van der Waals surface area contributed by atoms with E-state index in [4.69, 9.17) is 5.73 Å². The first-order valence-electron chi connectivity index (χ1n) is 7.71. The van der Waals surface area contributed by atoms with Crippen molar-refractivity contribution >= 4 is 40.2 Å². The number of aromatic nitrogens is 3. The third-order valence-corrected chi connectivity index (χ3v) is 5.56. The fourth-order valence-electron chi connectivity index (χ4n) is 2.72. The molecule has 25 heavy (non-hydrogen) atoms. The van der Waals surface area contributed by atoms with E-state index in [-0.39, 0.29) is 6.03 Å². The number of aryl methyl sites for hydroxylation is 1. The molecule has 10 heteroatoms. The van der Waals surface area contributed by atoms with Crippen LogP contribution in [-0.4, -0.2) is 50.6 Å². The number of likely N-dealkylation sites (tertiary alicyclic amines) is 1. The highest BCUT2D eigenvalue weighted by Crippen LogP contribution is 2.32. The van der Waals surface area contributed by atoms with Gasteiger partial charge in [0.05, 0.1) is 16.3 Å². The third-order valence-electron chi connectivity index (χ3n) is 3.90. The van der Waals surface area contributed by atoms with Crippen LogP contribution in [0.15, 0.2) is 17.4 Å². The van der Waals surface area contributed by atoms with Gasteiger partial charge in [-0.1, -0.05) is 23.1 Å². The lowest BCUT2D eigenvalue weighted by Crippen LogP contribution is -2.45. The van der Waals surface area contributed by atoms with Crippen LogP contribution in [0.25, 0.3) is 10.6 Å². The molecule has 0 aromatic carbocycles. The summed E-state index contributed by atoms with van der Waals surface area (Å²) in [6, 6.07) is 0.913. The van der Waals surface area contributed by atoms with Crippen molar-refractivity contribution in [2.75, 3.05) is 18.1 Å². The van der Waals surface area contributed by atoms with E-state index in [2.05, 4.69) is 20.3 Å². The van der Waals surface area contributed by atoms with Gasteiger partial charge in [-0.05, 0) is 32.1 Å². The maximum atomic E-state index is 12.4. The van der Waals surface area contributed by atoms with E-state index in [1.165, 1.54) is 28.0 Å².